The summed E-state index contributed by atoms with van der Waals surface area (Å²) in [5.74, 6) is 1.25. The van der Waals surface area contributed by atoms with Crippen molar-refractivity contribution < 1.29 is 0 Å². The van der Waals surface area contributed by atoms with Gasteiger partial charge in [-0.1, -0.05) is 38.8 Å². The van der Waals surface area contributed by atoms with Crippen LogP contribution in [0.15, 0.2) is 0 Å². The molecule has 10 heavy (non-hydrogen) atoms. The standard InChI is InChI=1S/C8H17S2/c1-3-4-5-6-7-10-8(2)9/h8H,3-7H2,1-2H3. The Bertz CT molecular complexity index is 62.3. The highest BCUT2D eigenvalue weighted by Crippen LogP contribution is 2.15. The van der Waals surface area contributed by atoms with Crippen LogP contribution in [0.1, 0.15) is 39.5 Å². The van der Waals surface area contributed by atoms with Crippen molar-refractivity contribution in [3.8, 4) is 0 Å². The molecule has 0 amide bonds. The summed E-state index contributed by atoms with van der Waals surface area (Å²) >= 11 is 6.92. The molecule has 0 bridgehead atoms. The number of rotatable bonds is 6. The Morgan fingerprint density at radius 3 is 2.50 bits per heavy atom. The number of hydrogen-bond donors (Lipinski definition) is 0. The highest BCUT2D eigenvalue weighted by molar-refractivity contribution is 8.10. The van der Waals surface area contributed by atoms with Gasteiger partial charge in [0.05, 0.1) is 4.58 Å². The van der Waals surface area contributed by atoms with Crippen molar-refractivity contribution in [1.29, 1.82) is 0 Å². The molecular weight excluding hydrogens is 160 g/mol. The van der Waals surface area contributed by atoms with Crippen LogP contribution < -0.4 is 0 Å². The van der Waals surface area contributed by atoms with Gasteiger partial charge in [-0.2, -0.15) is 0 Å². The predicted octanol–water partition coefficient (Wildman–Crippen LogP) is 3.84. The third kappa shape index (κ3) is 8.70. The summed E-state index contributed by atoms with van der Waals surface area (Å²) in [7, 11) is 0. The maximum absolute atomic E-state index is 5.02. The van der Waals surface area contributed by atoms with Crippen LogP contribution in [-0.2, 0) is 0 Å². The smallest absolute Gasteiger partial charge is 0.0578 e. The van der Waals surface area contributed by atoms with E-state index in [2.05, 4.69) is 13.8 Å². The second-order valence-electron chi connectivity index (χ2n) is 2.50. The molecule has 1 radical (unpaired) electrons. The lowest BCUT2D eigenvalue weighted by atomic mass is 10.2. The van der Waals surface area contributed by atoms with E-state index >= 15 is 0 Å². The number of thioether (sulfide) groups is 1. The van der Waals surface area contributed by atoms with Gasteiger partial charge in [0.15, 0.2) is 0 Å². The van der Waals surface area contributed by atoms with Gasteiger partial charge in [-0.15, -0.1) is 11.8 Å². The van der Waals surface area contributed by atoms with Crippen LogP contribution in [0.5, 0.6) is 0 Å². The highest BCUT2D eigenvalue weighted by Gasteiger charge is 1.94. The van der Waals surface area contributed by atoms with Crippen molar-refractivity contribution >= 4 is 24.4 Å². The van der Waals surface area contributed by atoms with E-state index in [1.54, 1.807) is 0 Å². The molecule has 0 N–H and O–H groups in total. The maximum atomic E-state index is 5.02. The fourth-order valence-corrected chi connectivity index (χ4v) is 1.77. The average Bonchev–Trinajstić information content (AvgIpc) is 1.87. The second kappa shape index (κ2) is 7.80. The summed E-state index contributed by atoms with van der Waals surface area (Å²) < 4.78 is 0.404. The van der Waals surface area contributed by atoms with E-state index in [9.17, 15) is 0 Å². The van der Waals surface area contributed by atoms with Crippen LogP contribution in [0, 0.1) is 0 Å². The Balaban J connectivity index is 2.77. The fraction of sp³-hybridized carbons (Fsp3) is 1.00. The Morgan fingerprint density at radius 1 is 1.30 bits per heavy atom. The summed E-state index contributed by atoms with van der Waals surface area (Å²) in [6, 6.07) is 0. The molecule has 2 heteroatoms. The molecule has 61 valence electrons. The lowest BCUT2D eigenvalue weighted by Crippen LogP contribution is -1.86. The molecule has 1 unspecified atom stereocenters. The highest BCUT2D eigenvalue weighted by atomic mass is 32.2. The molecule has 0 saturated carbocycles. The zero-order chi connectivity index (χ0) is 7.82. The van der Waals surface area contributed by atoms with Crippen LogP contribution >= 0.6 is 24.4 Å². The van der Waals surface area contributed by atoms with Gasteiger partial charge in [0.1, 0.15) is 0 Å². The molecular formula is C8H17S2. The molecule has 0 aromatic rings. The molecule has 0 nitrogen and oxygen atoms in total. The van der Waals surface area contributed by atoms with Crippen molar-refractivity contribution in [2.75, 3.05) is 5.75 Å². The van der Waals surface area contributed by atoms with Gasteiger partial charge in [0.2, 0.25) is 0 Å². The topological polar surface area (TPSA) is 0 Å². The maximum Gasteiger partial charge on any atom is 0.0578 e. The number of hydrogen-bond acceptors (Lipinski definition) is 1. The van der Waals surface area contributed by atoms with Gasteiger partial charge >= 0.3 is 0 Å². The first-order valence-electron chi connectivity index (χ1n) is 4.04. The minimum Gasteiger partial charge on any atom is -0.147 e. The van der Waals surface area contributed by atoms with Gasteiger partial charge in [-0.3, -0.25) is 0 Å². The van der Waals surface area contributed by atoms with Gasteiger partial charge in [0.25, 0.3) is 0 Å². The molecule has 0 spiro atoms. The summed E-state index contributed by atoms with van der Waals surface area (Å²) in [4.78, 5) is 0. The Morgan fingerprint density at radius 2 is 2.00 bits per heavy atom. The van der Waals surface area contributed by atoms with E-state index in [4.69, 9.17) is 12.6 Å². The Hall–Kier alpha value is 0.700. The lowest BCUT2D eigenvalue weighted by molar-refractivity contribution is 0.706. The van der Waals surface area contributed by atoms with Crippen molar-refractivity contribution in [2.24, 2.45) is 0 Å². The summed E-state index contributed by atoms with van der Waals surface area (Å²) in [5, 5.41) is 0. The molecule has 1 atom stereocenters. The van der Waals surface area contributed by atoms with E-state index in [-0.39, 0.29) is 0 Å². The van der Waals surface area contributed by atoms with Gasteiger partial charge in [-0.25, -0.2) is 0 Å². The average molecular weight is 177 g/mol. The van der Waals surface area contributed by atoms with Crippen LogP contribution in [0.25, 0.3) is 0 Å². The Labute approximate surface area is 74.6 Å². The van der Waals surface area contributed by atoms with Gasteiger partial charge < -0.3 is 0 Å². The van der Waals surface area contributed by atoms with E-state index in [1.165, 1.54) is 31.4 Å². The molecule has 0 rings (SSSR count). The first-order valence-corrected chi connectivity index (χ1v) is 5.56. The van der Waals surface area contributed by atoms with Crippen molar-refractivity contribution in [3.63, 3.8) is 0 Å². The van der Waals surface area contributed by atoms with Crippen molar-refractivity contribution in [3.05, 3.63) is 0 Å². The van der Waals surface area contributed by atoms with Gasteiger partial charge in [0, 0.05) is 0 Å². The van der Waals surface area contributed by atoms with E-state index < -0.39 is 0 Å². The number of unbranched alkanes of at least 4 members (excludes halogenated alkanes) is 3. The van der Waals surface area contributed by atoms with E-state index in [0.29, 0.717) is 4.58 Å². The zero-order valence-corrected chi connectivity index (χ0v) is 8.56. The van der Waals surface area contributed by atoms with Gasteiger partial charge in [-0.05, 0) is 19.1 Å². The quantitative estimate of drug-likeness (QED) is 0.555. The summed E-state index contributed by atoms with van der Waals surface area (Å²) in [6.07, 6.45) is 5.44. The first-order chi connectivity index (χ1) is 4.77. The van der Waals surface area contributed by atoms with Crippen molar-refractivity contribution in [1.82, 2.24) is 0 Å². The molecule has 0 aromatic heterocycles. The summed E-state index contributed by atoms with van der Waals surface area (Å²) in [5.41, 5.74) is 0. The Kier molecular flexibility index (Phi) is 8.35. The largest absolute Gasteiger partial charge is 0.147 e. The fourth-order valence-electron chi connectivity index (χ4n) is 0.778. The molecule has 0 aromatic carbocycles. The predicted molar refractivity (Wildman–Crippen MR) is 53.7 cm³/mol. The molecule has 0 aliphatic carbocycles. The van der Waals surface area contributed by atoms with Crippen LogP contribution in [0.3, 0.4) is 0 Å². The van der Waals surface area contributed by atoms with Crippen molar-refractivity contribution in [2.45, 2.75) is 44.1 Å². The molecule has 0 aliphatic heterocycles. The van der Waals surface area contributed by atoms with E-state index in [0.717, 1.165) is 0 Å². The summed E-state index contributed by atoms with van der Waals surface area (Å²) in [6.45, 7) is 4.32. The second-order valence-corrected chi connectivity index (χ2v) is 4.95. The minimum atomic E-state index is 0.404. The lowest BCUT2D eigenvalue weighted by Gasteiger charge is -2.01. The molecule has 0 saturated heterocycles. The normalized spacial score (nSPS) is 13.5. The third-order valence-corrected chi connectivity index (χ3v) is 2.75. The zero-order valence-electron chi connectivity index (χ0n) is 6.93. The van der Waals surface area contributed by atoms with Crippen LogP contribution in [-0.4, -0.2) is 10.3 Å². The monoisotopic (exact) mass is 177 g/mol. The minimum absolute atomic E-state index is 0.404. The van der Waals surface area contributed by atoms with Crippen LogP contribution in [0.2, 0.25) is 0 Å². The van der Waals surface area contributed by atoms with Crippen LogP contribution in [0.4, 0.5) is 0 Å². The third-order valence-electron chi connectivity index (χ3n) is 1.35. The molecule has 0 heterocycles. The molecule has 0 aliphatic rings. The van der Waals surface area contributed by atoms with E-state index in [1.807, 2.05) is 11.8 Å². The molecule has 0 fully saturated rings. The first kappa shape index (κ1) is 10.7. The SMILES string of the molecule is CCCCCCSC(C)[S].